The molecule has 110 valence electrons. The van der Waals surface area contributed by atoms with Crippen LogP contribution in [0.4, 0.5) is 0 Å². The van der Waals surface area contributed by atoms with Crippen LogP contribution in [-0.2, 0) is 16.1 Å². The van der Waals surface area contributed by atoms with Gasteiger partial charge >= 0.3 is 0 Å². The number of hydrogen-bond acceptors (Lipinski definition) is 5. The fourth-order valence-corrected chi connectivity index (χ4v) is 2.37. The summed E-state index contributed by atoms with van der Waals surface area (Å²) in [6.45, 7) is 1.17. The zero-order chi connectivity index (χ0) is 14.5. The van der Waals surface area contributed by atoms with Gasteiger partial charge in [-0.1, -0.05) is 6.07 Å². The standard InChI is InChI=1S/C14H17N5O2/c20-13(7-12-4-2-6-21-12)17-8-11-3-1-5-16-14(11)19-10-15-9-18-19/h1,3,5,9-10,12H,2,4,6-8H2,(H,17,20)/t12-/m0/s1. The number of ether oxygens (including phenoxy) is 1. The van der Waals surface area contributed by atoms with Crippen LogP contribution in [0.1, 0.15) is 24.8 Å². The second-order valence-electron chi connectivity index (χ2n) is 4.94. The highest BCUT2D eigenvalue weighted by Crippen LogP contribution is 2.15. The van der Waals surface area contributed by atoms with Gasteiger partial charge in [-0.3, -0.25) is 4.79 Å². The fraction of sp³-hybridized carbons (Fsp3) is 0.429. The molecule has 1 aliphatic rings. The lowest BCUT2D eigenvalue weighted by Gasteiger charge is -2.11. The minimum atomic E-state index is -0.00436. The molecule has 0 radical (unpaired) electrons. The van der Waals surface area contributed by atoms with Crippen molar-refractivity contribution in [2.75, 3.05) is 6.61 Å². The van der Waals surface area contributed by atoms with Crippen LogP contribution in [0.5, 0.6) is 0 Å². The Morgan fingerprint density at radius 1 is 1.52 bits per heavy atom. The molecule has 7 heteroatoms. The van der Waals surface area contributed by atoms with Gasteiger partial charge in [-0.25, -0.2) is 14.6 Å². The van der Waals surface area contributed by atoms with E-state index in [-0.39, 0.29) is 12.0 Å². The zero-order valence-corrected chi connectivity index (χ0v) is 11.6. The molecule has 1 amide bonds. The predicted molar refractivity (Wildman–Crippen MR) is 74.6 cm³/mol. The summed E-state index contributed by atoms with van der Waals surface area (Å²) in [5.74, 6) is 0.669. The van der Waals surface area contributed by atoms with E-state index in [2.05, 4.69) is 20.4 Å². The molecule has 21 heavy (non-hydrogen) atoms. The first-order valence-electron chi connectivity index (χ1n) is 7.00. The van der Waals surface area contributed by atoms with E-state index in [0.29, 0.717) is 18.8 Å². The van der Waals surface area contributed by atoms with E-state index < -0.39 is 0 Å². The molecule has 0 spiro atoms. The van der Waals surface area contributed by atoms with Gasteiger partial charge in [0.1, 0.15) is 12.7 Å². The van der Waals surface area contributed by atoms with Crippen LogP contribution in [0.2, 0.25) is 0 Å². The third-order valence-corrected chi connectivity index (χ3v) is 3.42. The van der Waals surface area contributed by atoms with Crippen molar-refractivity contribution < 1.29 is 9.53 Å². The smallest absolute Gasteiger partial charge is 0.222 e. The number of rotatable bonds is 5. The minimum absolute atomic E-state index is 0.00436. The van der Waals surface area contributed by atoms with Crippen LogP contribution in [-0.4, -0.2) is 38.4 Å². The summed E-state index contributed by atoms with van der Waals surface area (Å²) < 4.78 is 7.05. The first kappa shape index (κ1) is 13.7. The van der Waals surface area contributed by atoms with Gasteiger partial charge in [0.15, 0.2) is 5.82 Å². The van der Waals surface area contributed by atoms with Crippen molar-refractivity contribution in [2.45, 2.75) is 31.9 Å². The quantitative estimate of drug-likeness (QED) is 0.881. The Balaban J connectivity index is 1.61. The molecule has 3 rings (SSSR count). The van der Waals surface area contributed by atoms with Gasteiger partial charge in [0.05, 0.1) is 12.5 Å². The average Bonchev–Trinajstić information content (AvgIpc) is 3.18. The van der Waals surface area contributed by atoms with Crippen molar-refractivity contribution in [1.82, 2.24) is 25.1 Å². The van der Waals surface area contributed by atoms with Crippen LogP contribution in [0.3, 0.4) is 0 Å². The van der Waals surface area contributed by atoms with E-state index in [1.807, 2.05) is 12.1 Å². The lowest BCUT2D eigenvalue weighted by atomic mass is 10.1. The third kappa shape index (κ3) is 3.43. The highest BCUT2D eigenvalue weighted by atomic mass is 16.5. The summed E-state index contributed by atoms with van der Waals surface area (Å²) in [4.78, 5) is 20.1. The van der Waals surface area contributed by atoms with Gasteiger partial charge in [0.2, 0.25) is 5.91 Å². The van der Waals surface area contributed by atoms with Crippen LogP contribution < -0.4 is 5.32 Å². The molecule has 7 nitrogen and oxygen atoms in total. The number of nitrogens with one attached hydrogen (secondary N) is 1. The monoisotopic (exact) mass is 287 g/mol. The average molecular weight is 287 g/mol. The molecule has 0 bridgehead atoms. The molecule has 0 unspecified atom stereocenters. The summed E-state index contributed by atoms with van der Waals surface area (Å²) in [6.07, 6.45) is 7.21. The van der Waals surface area contributed by atoms with Crippen LogP contribution in [0.15, 0.2) is 31.0 Å². The summed E-state index contributed by atoms with van der Waals surface area (Å²) in [7, 11) is 0. The molecule has 0 aromatic carbocycles. The van der Waals surface area contributed by atoms with Gasteiger partial charge in [0.25, 0.3) is 0 Å². The second-order valence-corrected chi connectivity index (χ2v) is 4.94. The second kappa shape index (κ2) is 6.45. The first-order valence-corrected chi connectivity index (χ1v) is 7.00. The maximum Gasteiger partial charge on any atom is 0.222 e. The van der Waals surface area contributed by atoms with Crippen molar-refractivity contribution >= 4 is 5.91 Å². The van der Waals surface area contributed by atoms with Crippen LogP contribution >= 0.6 is 0 Å². The lowest BCUT2D eigenvalue weighted by Crippen LogP contribution is -2.27. The molecule has 0 aliphatic carbocycles. The van der Waals surface area contributed by atoms with E-state index >= 15 is 0 Å². The van der Waals surface area contributed by atoms with Crippen LogP contribution in [0, 0.1) is 0 Å². The zero-order valence-electron chi connectivity index (χ0n) is 11.6. The number of amides is 1. The third-order valence-electron chi connectivity index (χ3n) is 3.42. The van der Waals surface area contributed by atoms with E-state index in [4.69, 9.17) is 4.74 Å². The Hall–Kier alpha value is -2.28. The summed E-state index contributed by atoms with van der Waals surface area (Å²) in [5, 5.41) is 6.98. The molecule has 1 atom stereocenters. The number of carbonyl (C=O) groups is 1. The van der Waals surface area contributed by atoms with E-state index in [1.54, 1.807) is 17.2 Å². The van der Waals surface area contributed by atoms with Crippen molar-refractivity contribution in [3.63, 3.8) is 0 Å². The maximum absolute atomic E-state index is 11.9. The number of carbonyl (C=O) groups excluding carboxylic acids is 1. The van der Waals surface area contributed by atoms with Crippen molar-refractivity contribution in [2.24, 2.45) is 0 Å². The van der Waals surface area contributed by atoms with Gasteiger partial charge in [-0.05, 0) is 18.9 Å². The minimum Gasteiger partial charge on any atom is -0.378 e. The summed E-state index contributed by atoms with van der Waals surface area (Å²) in [6, 6.07) is 3.75. The molecule has 0 saturated carbocycles. The highest BCUT2D eigenvalue weighted by molar-refractivity contribution is 5.76. The summed E-state index contributed by atoms with van der Waals surface area (Å²) in [5.41, 5.74) is 0.892. The molecule has 1 saturated heterocycles. The van der Waals surface area contributed by atoms with E-state index in [9.17, 15) is 4.79 Å². The predicted octanol–water partition coefficient (Wildman–Crippen LogP) is 0.848. The number of aromatic nitrogens is 4. The fourth-order valence-electron chi connectivity index (χ4n) is 2.37. The van der Waals surface area contributed by atoms with Crippen molar-refractivity contribution in [1.29, 1.82) is 0 Å². The molecular formula is C14H17N5O2. The molecule has 1 aliphatic heterocycles. The topological polar surface area (TPSA) is 81.9 Å². The molecule has 2 aromatic heterocycles. The Morgan fingerprint density at radius 2 is 2.48 bits per heavy atom. The van der Waals surface area contributed by atoms with Gasteiger partial charge in [0, 0.05) is 24.9 Å². The van der Waals surface area contributed by atoms with Crippen molar-refractivity contribution in [3.05, 3.63) is 36.5 Å². The number of nitrogens with zero attached hydrogens (tertiary/aromatic N) is 4. The Bertz CT molecular complexity index is 593. The molecule has 2 aromatic rings. The van der Waals surface area contributed by atoms with Gasteiger partial charge in [-0.2, -0.15) is 5.10 Å². The Labute approximate surface area is 122 Å². The number of pyridine rings is 1. The Kier molecular flexibility index (Phi) is 4.20. The van der Waals surface area contributed by atoms with Crippen molar-refractivity contribution in [3.8, 4) is 5.82 Å². The molecule has 1 fully saturated rings. The molecule has 3 heterocycles. The normalized spacial score (nSPS) is 17.8. The first-order chi connectivity index (χ1) is 10.3. The molecule has 1 N–H and O–H groups in total. The van der Waals surface area contributed by atoms with Gasteiger partial charge < -0.3 is 10.1 Å². The Morgan fingerprint density at radius 3 is 3.24 bits per heavy atom. The largest absolute Gasteiger partial charge is 0.378 e. The lowest BCUT2D eigenvalue weighted by molar-refractivity contribution is -0.123. The van der Waals surface area contributed by atoms with Gasteiger partial charge in [-0.15, -0.1) is 0 Å². The van der Waals surface area contributed by atoms with E-state index in [0.717, 1.165) is 25.0 Å². The molecular weight excluding hydrogens is 270 g/mol. The van der Waals surface area contributed by atoms with Crippen LogP contribution in [0.25, 0.3) is 5.82 Å². The maximum atomic E-state index is 11.9. The number of hydrogen-bond donors (Lipinski definition) is 1. The highest BCUT2D eigenvalue weighted by Gasteiger charge is 2.19. The summed E-state index contributed by atoms with van der Waals surface area (Å²) >= 11 is 0. The van der Waals surface area contributed by atoms with E-state index in [1.165, 1.54) is 6.33 Å². The SMILES string of the molecule is O=C(C[C@@H]1CCCO1)NCc1cccnc1-n1cncn1.